The molecule has 1 N–H and O–H groups in total. The summed E-state index contributed by atoms with van der Waals surface area (Å²) in [5.74, 6) is -0.168. The Labute approximate surface area is 90.4 Å². The van der Waals surface area contributed by atoms with Crippen molar-refractivity contribution in [2.45, 2.75) is 0 Å². The summed E-state index contributed by atoms with van der Waals surface area (Å²) in [4.78, 5) is 12.6. The standard InChI is InChI=1S/C9H8N4O3/c10-12-11-5-1-2-7-3-4-8(14)6-9(7)13(15)16/h1-4,6,14H,5H2. The molecule has 7 heteroatoms. The van der Waals surface area contributed by atoms with Crippen molar-refractivity contribution in [1.82, 2.24) is 0 Å². The van der Waals surface area contributed by atoms with E-state index >= 15 is 0 Å². The normalized spacial score (nSPS) is 10.0. The van der Waals surface area contributed by atoms with Gasteiger partial charge in [-0.1, -0.05) is 17.3 Å². The van der Waals surface area contributed by atoms with Crippen LogP contribution in [-0.4, -0.2) is 16.6 Å². The summed E-state index contributed by atoms with van der Waals surface area (Å²) >= 11 is 0. The lowest BCUT2D eigenvalue weighted by molar-refractivity contribution is -0.385. The van der Waals surface area contributed by atoms with Crippen LogP contribution in [0.25, 0.3) is 16.5 Å². The number of rotatable bonds is 4. The smallest absolute Gasteiger partial charge is 0.280 e. The summed E-state index contributed by atoms with van der Waals surface area (Å²) in [5.41, 5.74) is 8.17. The second kappa shape index (κ2) is 5.38. The lowest BCUT2D eigenvalue weighted by atomic mass is 10.1. The maximum absolute atomic E-state index is 10.6. The number of nitrogens with zero attached hydrogens (tertiary/aromatic N) is 4. The summed E-state index contributed by atoms with van der Waals surface area (Å²) in [6.45, 7) is 0.120. The third kappa shape index (κ3) is 3.00. The minimum absolute atomic E-state index is 0.120. The van der Waals surface area contributed by atoms with Crippen LogP contribution in [0.2, 0.25) is 0 Å². The lowest BCUT2D eigenvalue weighted by Gasteiger charge is -1.97. The van der Waals surface area contributed by atoms with Crippen molar-refractivity contribution in [3.05, 3.63) is 50.4 Å². The van der Waals surface area contributed by atoms with E-state index in [1.807, 2.05) is 0 Å². The molecule has 0 radical (unpaired) electrons. The molecule has 16 heavy (non-hydrogen) atoms. The Morgan fingerprint density at radius 1 is 1.62 bits per heavy atom. The second-order valence-electron chi connectivity index (χ2n) is 2.82. The van der Waals surface area contributed by atoms with Gasteiger partial charge < -0.3 is 5.11 Å². The average molecular weight is 220 g/mol. The number of azide groups is 1. The van der Waals surface area contributed by atoms with Gasteiger partial charge in [0.05, 0.1) is 16.6 Å². The van der Waals surface area contributed by atoms with E-state index in [1.54, 1.807) is 0 Å². The van der Waals surface area contributed by atoms with E-state index in [0.717, 1.165) is 6.07 Å². The third-order valence-electron chi connectivity index (χ3n) is 1.76. The van der Waals surface area contributed by atoms with E-state index < -0.39 is 4.92 Å². The molecule has 1 aromatic rings. The van der Waals surface area contributed by atoms with Crippen molar-refractivity contribution in [1.29, 1.82) is 0 Å². The second-order valence-corrected chi connectivity index (χ2v) is 2.82. The number of phenolic OH excluding ortho intramolecular Hbond substituents is 1. The predicted molar refractivity (Wildman–Crippen MR) is 57.8 cm³/mol. The Morgan fingerprint density at radius 3 is 3.00 bits per heavy atom. The summed E-state index contributed by atoms with van der Waals surface area (Å²) in [5, 5.41) is 23.0. The molecular weight excluding hydrogens is 212 g/mol. The van der Waals surface area contributed by atoms with Gasteiger partial charge in [0.25, 0.3) is 5.69 Å². The number of hydrogen-bond donors (Lipinski definition) is 1. The Morgan fingerprint density at radius 2 is 2.38 bits per heavy atom. The molecule has 0 spiro atoms. The van der Waals surface area contributed by atoms with Crippen LogP contribution in [0.3, 0.4) is 0 Å². The molecule has 0 aliphatic carbocycles. The van der Waals surface area contributed by atoms with Crippen LogP contribution in [0.5, 0.6) is 5.75 Å². The van der Waals surface area contributed by atoms with Crippen LogP contribution in [-0.2, 0) is 0 Å². The Kier molecular flexibility index (Phi) is 3.88. The summed E-state index contributed by atoms with van der Waals surface area (Å²) in [6, 6.07) is 3.83. The zero-order valence-electron chi connectivity index (χ0n) is 8.15. The quantitative estimate of drug-likeness (QED) is 0.276. The topological polar surface area (TPSA) is 112 Å². The SMILES string of the molecule is [N-]=[N+]=NCC=Cc1ccc(O)cc1[N+](=O)[O-]. The van der Waals surface area contributed by atoms with Crippen LogP contribution in [0.4, 0.5) is 5.69 Å². The van der Waals surface area contributed by atoms with Gasteiger partial charge in [0.15, 0.2) is 0 Å². The molecule has 0 heterocycles. The van der Waals surface area contributed by atoms with Gasteiger partial charge in [0, 0.05) is 11.5 Å². The molecule has 0 aliphatic heterocycles. The first-order valence-electron chi connectivity index (χ1n) is 4.30. The molecule has 0 unspecified atom stereocenters. The molecule has 0 aliphatic rings. The minimum atomic E-state index is -0.590. The van der Waals surface area contributed by atoms with Gasteiger partial charge in [-0.05, 0) is 17.7 Å². The van der Waals surface area contributed by atoms with Crippen molar-refractivity contribution in [2.75, 3.05) is 6.54 Å². The van der Waals surface area contributed by atoms with Crippen LogP contribution < -0.4 is 0 Å². The highest BCUT2D eigenvalue weighted by Gasteiger charge is 2.11. The fraction of sp³-hybridized carbons (Fsp3) is 0.111. The molecule has 1 aromatic carbocycles. The van der Waals surface area contributed by atoms with Gasteiger partial charge in [0.1, 0.15) is 5.75 Å². The summed E-state index contributed by atoms with van der Waals surface area (Å²) in [6.07, 6.45) is 2.96. The molecule has 82 valence electrons. The predicted octanol–water partition coefficient (Wildman–Crippen LogP) is 2.62. The molecule has 0 bridgehead atoms. The van der Waals surface area contributed by atoms with Crippen molar-refractivity contribution >= 4 is 11.8 Å². The molecular formula is C9H8N4O3. The monoisotopic (exact) mass is 220 g/mol. The van der Waals surface area contributed by atoms with Gasteiger partial charge in [-0.2, -0.15) is 0 Å². The molecule has 0 fully saturated rings. The first kappa shape index (κ1) is 11.5. The van der Waals surface area contributed by atoms with E-state index in [1.165, 1.54) is 24.3 Å². The minimum Gasteiger partial charge on any atom is -0.508 e. The molecule has 0 saturated carbocycles. The number of nitro benzene ring substituents is 1. The molecule has 0 amide bonds. The molecule has 7 nitrogen and oxygen atoms in total. The average Bonchev–Trinajstić information content (AvgIpc) is 2.26. The summed E-state index contributed by atoms with van der Waals surface area (Å²) < 4.78 is 0. The fourth-order valence-electron chi connectivity index (χ4n) is 1.09. The number of aromatic hydroxyl groups is 1. The first-order chi connectivity index (χ1) is 7.65. The van der Waals surface area contributed by atoms with Crippen LogP contribution in [0, 0.1) is 10.1 Å². The molecule has 0 saturated heterocycles. The van der Waals surface area contributed by atoms with Crippen molar-refractivity contribution < 1.29 is 10.0 Å². The van der Waals surface area contributed by atoms with Gasteiger partial charge in [-0.15, -0.1) is 0 Å². The Hall–Kier alpha value is -2.53. The highest BCUT2D eigenvalue weighted by atomic mass is 16.6. The number of benzene rings is 1. The molecule has 0 aromatic heterocycles. The highest BCUT2D eigenvalue weighted by Crippen LogP contribution is 2.24. The van der Waals surface area contributed by atoms with Gasteiger partial charge >= 0.3 is 0 Å². The maximum atomic E-state index is 10.6. The number of phenols is 1. The number of nitro groups is 1. The number of hydrogen-bond acceptors (Lipinski definition) is 4. The van der Waals surface area contributed by atoms with E-state index in [0.29, 0.717) is 5.56 Å². The fourth-order valence-corrected chi connectivity index (χ4v) is 1.09. The Bertz CT molecular complexity index is 478. The zero-order valence-corrected chi connectivity index (χ0v) is 8.15. The van der Waals surface area contributed by atoms with Crippen molar-refractivity contribution in [3.8, 4) is 5.75 Å². The molecule has 0 atom stereocenters. The van der Waals surface area contributed by atoms with Crippen LogP contribution in [0.15, 0.2) is 29.4 Å². The van der Waals surface area contributed by atoms with Crippen molar-refractivity contribution in [3.63, 3.8) is 0 Å². The van der Waals surface area contributed by atoms with Crippen LogP contribution >= 0.6 is 0 Å². The van der Waals surface area contributed by atoms with E-state index in [-0.39, 0.29) is 18.0 Å². The molecule has 1 rings (SSSR count). The van der Waals surface area contributed by atoms with Crippen molar-refractivity contribution in [2.24, 2.45) is 5.11 Å². The van der Waals surface area contributed by atoms with Gasteiger partial charge in [-0.3, -0.25) is 10.1 Å². The van der Waals surface area contributed by atoms with E-state index in [4.69, 9.17) is 10.6 Å². The third-order valence-corrected chi connectivity index (χ3v) is 1.76. The largest absolute Gasteiger partial charge is 0.508 e. The Balaban J connectivity index is 2.99. The van der Waals surface area contributed by atoms with Crippen LogP contribution in [0.1, 0.15) is 5.56 Å². The zero-order chi connectivity index (χ0) is 12.0. The van der Waals surface area contributed by atoms with E-state index in [2.05, 4.69) is 10.0 Å². The van der Waals surface area contributed by atoms with E-state index in [9.17, 15) is 10.1 Å². The highest BCUT2D eigenvalue weighted by molar-refractivity contribution is 5.62. The summed E-state index contributed by atoms with van der Waals surface area (Å²) in [7, 11) is 0. The lowest BCUT2D eigenvalue weighted by Crippen LogP contribution is -1.91. The first-order valence-corrected chi connectivity index (χ1v) is 4.30. The van der Waals surface area contributed by atoms with Gasteiger partial charge in [0.2, 0.25) is 0 Å². The maximum Gasteiger partial charge on any atom is 0.280 e. The van der Waals surface area contributed by atoms with Gasteiger partial charge in [-0.25, -0.2) is 0 Å².